The molecule has 0 saturated carbocycles. The molecule has 0 aliphatic heterocycles. The molecule has 3 rings (SSSR count). The van der Waals surface area contributed by atoms with Gasteiger partial charge in [-0.15, -0.1) is 12.4 Å². The van der Waals surface area contributed by atoms with Gasteiger partial charge in [-0.25, -0.2) is 0 Å². The lowest BCUT2D eigenvalue weighted by Crippen LogP contribution is -1.89. The molecule has 3 aromatic rings. The van der Waals surface area contributed by atoms with E-state index in [1.54, 1.807) is 19.1 Å². The van der Waals surface area contributed by atoms with Crippen molar-refractivity contribution in [3.8, 4) is 0 Å². The predicted molar refractivity (Wildman–Crippen MR) is 75.4 cm³/mol. The second-order valence-corrected chi connectivity index (χ2v) is 4.12. The van der Waals surface area contributed by atoms with Crippen LogP contribution in [0.4, 0.5) is 5.69 Å². The maximum Gasteiger partial charge on any atom is 0.159 e. The molecule has 92 valence electrons. The number of carbonyl (C=O) groups excluding carboxylic acids is 1. The number of hydrogen-bond acceptors (Lipinski definition) is 3. The number of carbonyl (C=O) groups is 1. The Balaban J connectivity index is 0.00000120. The second-order valence-electron chi connectivity index (χ2n) is 4.12. The normalized spacial score (nSPS) is 10.5. The third-order valence-electron chi connectivity index (χ3n) is 2.90. The number of furan rings is 1. The van der Waals surface area contributed by atoms with E-state index in [0.717, 1.165) is 21.9 Å². The van der Waals surface area contributed by atoms with E-state index in [4.69, 9.17) is 10.2 Å². The van der Waals surface area contributed by atoms with Crippen LogP contribution in [-0.2, 0) is 0 Å². The average Bonchev–Trinajstić information content (AvgIpc) is 2.64. The summed E-state index contributed by atoms with van der Waals surface area (Å²) in [7, 11) is 0. The van der Waals surface area contributed by atoms with E-state index < -0.39 is 0 Å². The highest BCUT2D eigenvalue weighted by atomic mass is 35.5. The van der Waals surface area contributed by atoms with Crippen LogP contribution < -0.4 is 5.73 Å². The van der Waals surface area contributed by atoms with Crippen molar-refractivity contribution < 1.29 is 9.21 Å². The van der Waals surface area contributed by atoms with Gasteiger partial charge in [0, 0.05) is 28.1 Å². The molecule has 2 N–H and O–H groups in total. The molecule has 18 heavy (non-hydrogen) atoms. The van der Waals surface area contributed by atoms with Crippen LogP contribution >= 0.6 is 12.4 Å². The van der Waals surface area contributed by atoms with Gasteiger partial charge in [-0.05, 0) is 37.3 Å². The van der Waals surface area contributed by atoms with Crippen molar-refractivity contribution in [2.24, 2.45) is 0 Å². The fourth-order valence-electron chi connectivity index (χ4n) is 2.01. The van der Waals surface area contributed by atoms with Crippen LogP contribution in [0.25, 0.3) is 21.9 Å². The summed E-state index contributed by atoms with van der Waals surface area (Å²) in [5.74, 6) is 0.0525. The zero-order valence-electron chi connectivity index (χ0n) is 9.77. The maximum absolute atomic E-state index is 11.4. The van der Waals surface area contributed by atoms with Crippen LogP contribution in [0.15, 0.2) is 40.8 Å². The summed E-state index contributed by atoms with van der Waals surface area (Å²) in [6.07, 6.45) is 0. The molecule has 0 atom stereocenters. The molecule has 0 amide bonds. The number of rotatable bonds is 1. The third kappa shape index (κ3) is 1.83. The molecule has 0 saturated heterocycles. The zero-order chi connectivity index (χ0) is 12.0. The summed E-state index contributed by atoms with van der Waals surface area (Å²) in [6.45, 7) is 1.56. The number of fused-ring (bicyclic) bond motifs is 3. The Kier molecular flexibility index (Phi) is 3.01. The van der Waals surface area contributed by atoms with Gasteiger partial charge in [-0.3, -0.25) is 4.79 Å². The standard InChI is InChI=1S/C14H11NO2.ClH/c1-8(16)9-2-5-13-12(6-9)11-4-3-10(15)7-14(11)17-13;/h2-7H,15H2,1H3;1H. The Hall–Kier alpha value is -2.00. The first-order valence-corrected chi connectivity index (χ1v) is 5.38. The summed E-state index contributed by atoms with van der Waals surface area (Å²) in [6, 6.07) is 11.0. The molecule has 1 heterocycles. The molecule has 0 aliphatic carbocycles. The molecule has 0 unspecified atom stereocenters. The SMILES string of the molecule is CC(=O)c1ccc2oc3cc(N)ccc3c2c1.Cl. The summed E-state index contributed by atoms with van der Waals surface area (Å²) in [4.78, 5) is 11.4. The lowest BCUT2D eigenvalue weighted by Gasteiger charge is -1.95. The average molecular weight is 262 g/mol. The summed E-state index contributed by atoms with van der Waals surface area (Å²) in [5.41, 5.74) is 8.60. The Morgan fingerprint density at radius 2 is 1.83 bits per heavy atom. The van der Waals surface area contributed by atoms with Crippen LogP contribution in [0.3, 0.4) is 0 Å². The van der Waals surface area contributed by atoms with E-state index in [0.29, 0.717) is 11.3 Å². The number of Topliss-reactive ketones (excluding diaryl/α,β-unsaturated/α-hetero) is 1. The largest absolute Gasteiger partial charge is 0.456 e. The monoisotopic (exact) mass is 261 g/mol. The van der Waals surface area contributed by atoms with Crippen LogP contribution in [-0.4, -0.2) is 5.78 Å². The molecule has 0 bridgehead atoms. The van der Waals surface area contributed by atoms with Gasteiger partial charge in [0.05, 0.1) is 0 Å². The predicted octanol–water partition coefficient (Wildman–Crippen LogP) is 3.79. The quantitative estimate of drug-likeness (QED) is 0.535. The smallest absolute Gasteiger partial charge is 0.159 e. The number of halogens is 1. The molecule has 3 nitrogen and oxygen atoms in total. The van der Waals surface area contributed by atoms with E-state index >= 15 is 0 Å². The van der Waals surface area contributed by atoms with Crippen molar-refractivity contribution in [3.63, 3.8) is 0 Å². The van der Waals surface area contributed by atoms with Gasteiger partial charge in [0.25, 0.3) is 0 Å². The first-order valence-electron chi connectivity index (χ1n) is 5.38. The summed E-state index contributed by atoms with van der Waals surface area (Å²) >= 11 is 0. The lowest BCUT2D eigenvalue weighted by molar-refractivity contribution is 0.101. The maximum atomic E-state index is 11.4. The van der Waals surface area contributed by atoms with Crippen LogP contribution in [0.1, 0.15) is 17.3 Å². The van der Waals surface area contributed by atoms with Gasteiger partial charge in [-0.1, -0.05) is 0 Å². The highest BCUT2D eigenvalue weighted by Crippen LogP contribution is 2.30. The van der Waals surface area contributed by atoms with E-state index in [1.807, 2.05) is 24.3 Å². The van der Waals surface area contributed by atoms with Crippen molar-refractivity contribution >= 4 is 45.8 Å². The lowest BCUT2D eigenvalue weighted by atomic mass is 10.1. The van der Waals surface area contributed by atoms with E-state index in [9.17, 15) is 4.79 Å². The van der Waals surface area contributed by atoms with E-state index in [-0.39, 0.29) is 18.2 Å². The fraction of sp³-hybridized carbons (Fsp3) is 0.0714. The molecule has 0 spiro atoms. The van der Waals surface area contributed by atoms with Crippen molar-refractivity contribution in [2.45, 2.75) is 6.92 Å². The molecule has 0 fully saturated rings. The fourth-order valence-corrected chi connectivity index (χ4v) is 2.01. The Labute approximate surface area is 110 Å². The second kappa shape index (κ2) is 4.35. The first kappa shape index (κ1) is 12.5. The van der Waals surface area contributed by atoms with Crippen molar-refractivity contribution in [2.75, 3.05) is 5.73 Å². The minimum atomic E-state index is 0. The number of anilines is 1. The van der Waals surface area contributed by atoms with Gasteiger partial charge in [0.2, 0.25) is 0 Å². The van der Waals surface area contributed by atoms with Gasteiger partial charge < -0.3 is 10.2 Å². The third-order valence-corrected chi connectivity index (χ3v) is 2.90. The molecule has 2 aromatic carbocycles. The van der Waals surface area contributed by atoms with Gasteiger partial charge >= 0.3 is 0 Å². The van der Waals surface area contributed by atoms with Crippen molar-refractivity contribution in [1.29, 1.82) is 0 Å². The Bertz CT molecular complexity index is 746. The van der Waals surface area contributed by atoms with Crippen molar-refractivity contribution in [3.05, 3.63) is 42.0 Å². The Morgan fingerprint density at radius 1 is 1.06 bits per heavy atom. The van der Waals surface area contributed by atoms with Crippen molar-refractivity contribution in [1.82, 2.24) is 0 Å². The summed E-state index contributed by atoms with van der Waals surface area (Å²) in [5, 5.41) is 1.94. The van der Waals surface area contributed by atoms with Crippen LogP contribution in [0.2, 0.25) is 0 Å². The molecular weight excluding hydrogens is 250 g/mol. The van der Waals surface area contributed by atoms with Crippen LogP contribution in [0, 0.1) is 0 Å². The Morgan fingerprint density at radius 3 is 2.56 bits per heavy atom. The first-order chi connectivity index (χ1) is 8.15. The van der Waals surface area contributed by atoms with E-state index in [1.165, 1.54) is 0 Å². The minimum Gasteiger partial charge on any atom is -0.456 e. The van der Waals surface area contributed by atoms with Crippen LogP contribution in [0.5, 0.6) is 0 Å². The van der Waals surface area contributed by atoms with Gasteiger partial charge in [0.15, 0.2) is 5.78 Å². The van der Waals surface area contributed by atoms with Gasteiger partial charge in [-0.2, -0.15) is 0 Å². The van der Waals surface area contributed by atoms with E-state index in [2.05, 4.69) is 0 Å². The molecular formula is C14H12ClNO2. The molecule has 0 aliphatic rings. The molecule has 4 heteroatoms. The van der Waals surface area contributed by atoms with Gasteiger partial charge in [0.1, 0.15) is 11.2 Å². The number of ketones is 1. The number of nitrogens with two attached hydrogens (primary N) is 1. The number of benzene rings is 2. The summed E-state index contributed by atoms with van der Waals surface area (Å²) < 4.78 is 5.68. The molecule has 1 aromatic heterocycles. The highest BCUT2D eigenvalue weighted by Gasteiger charge is 2.09. The number of hydrogen-bond donors (Lipinski definition) is 1. The molecule has 0 radical (unpaired) electrons. The highest BCUT2D eigenvalue weighted by molar-refractivity contribution is 6.08. The topological polar surface area (TPSA) is 56.2 Å². The number of nitrogen functional groups attached to an aromatic ring is 1. The minimum absolute atomic E-state index is 0. The zero-order valence-corrected chi connectivity index (χ0v) is 10.6.